The van der Waals surface area contributed by atoms with Gasteiger partial charge in [0.2, 0.25) is 0 Å². The largest absolute Gasteiger partial charge is 0.341 e. The second-order valence-corrected chi connectivity index (χ2v) is 7.98. The minimum absolute atomic E-state index is 0.0726. The molecule has 0 aliphatic carbocycles. The fourth-order valence-electron chi connectivity index (χ4n) is 3.38. The van der Waals surface area contributed by atoms with Gasteiger partial charge in [-0.05, 0) is 29.8 Å². The Balaban J connectivity index is 2.01. The van der Waals surface area contributed by atoms with E-state index in [9.17, 15) is 13.6 Å². The smallest absolute Gasteiger partial charge is 0.293 e. The van der Waals surface area contributed by atoms with Crippen LogP contribution in [-0.4, -0.2) is 32.9 Å². The summed E-state index contributed by atoms with van der Waals surface area (Å²) in [4.78, 5) is 15.9. The third-order valence-corrected chi connectivity index (χ3v) is 5.66. The SMILES string of the molecule is CC(C)C(CP)NCc1cn(Cc2ccc(F)cc2F)c2cnc(C(=O)NO)cc12. The molecule has 0 saturated heterocycles. The second-order valence-electron chi connectivity index (χ2n) is 7.51. The van der Waals surface area contributed by atoms with Gasteiger partial charge in [-0.2, -0.15) is 0 Å². The van der Waals surface area contributed by atoms with Crippen LogP contribution in [0.5, 0.6) is 0 Å². The summed E-state index contributed by atoms with van der Waals surface area (Å²) in [5, 5.41) is 13.2. The van der Waals surface area contributed by atoms with Gasteiger partial charge in [0.25, 0.3) is 5.91 Å². The van der Waals surface area contributed by atoms with Crippen LogP contribution >= 0.6 is 9.24 Å². The number of hydroxylamine groups is 1. The van der Waals surface area contributed by atoms with Gasteiger partial charge in [-0.3, -0.25) is 10.0 Å². The summed E-state index contributed by atoms with van der Waals surface area (Å²) in [5.41, 5.74) is 3.62. The van der Waals surface area contributed by atoms with Gasteiger partial charge in [-0.1, -0.05) is 19.9 Å². The third kappa shape index (κ3) is 4.83. The van der Waals surface area contributed by atoms with E-state index in [-0.39, 0.29) is 18.3 Å². The topological polar surface area (TPSA) is 79.2 Å². The third-order valence-electron chi connectivity index (χ3n) is 5.15. The molecule has 2 unspecified atom stereocenters. The van der Waals surface area contributed by atoms with E-state index in [1.165, 1.54) is 18.3 Å². The van der Waals surface area contributed by atoms with E-state index in [0.717, 1.165) is 23.2 Å². The Morgan fingerprint density at radius 1 is 1.27 bits per heavy atom. The number of fused-ring (bicyclic) bond motifs is 1. The Kier molecular flexibility index (Phi) is 7.13. The van der Waals surface area contributed by atoms with Crippen LogP contribution in [0.25, 0.3) is 10.9 Å². The lowest BCUT2D eigenvalue weighted by Gasteiger charge is -2.20. The number of carbonyl (C=O) groups excluding carboxylic acids is 1. The number of hydrogen-bond acceptors (Lipinski definition) is 4. The van der Waals surface area contributed by atoms with Crippen LogP contribution in [0.4, 0.5) is 8.78 Å². The molecule has 0 bridgehead atoms. The molecule has 1 amide bonds. The van der Waals surface area contributed by atoms with Crippen LogP contribution in [0, 0.1) is 17.6 Å². The van der Waals surface area contributed by atoms with E-state index >= 15 is 0 Å². The molecule has 0 saturated carbocycles. The standard InChI is InChI=1S/C21H25F2N4O2P/c1-12(2)19(11-30)24-7-14-10-27(9-13-3-4-15(22)5-17(13)23)20-8-25-18(6-16(14)20)21(28)26-29/h3-6,8,10,12,19,24,29H,7,9,11,30H2,1-2H3,(H,26,28). The molecule has 6 nitrogen and oxygen atoms in total. The molecular weight excluding hydrogens is 409 g/mol. The summed E-state index contributed by atoms with van der Waals surface area (Å²) in [6.45, 7) is 5.00. The number of rotatable bonds is 8. The van der Waals surface area contributed by atoms with Gasteiger partial charge in [0.05, 0.1) is 18.3 Å². The molecule has 0 spiro atoms. The van der Waals surface area contributed by atoms with Crippen molar-refractivity contribution < 1.29 is 18.8 Å². The van der Waals surface area contributed by atoms with E-state index in [2.05, 4.69) is 33.4 Å². The Labute approximate surface area is 175 Å². The number of hydrogen-bond donors (Lipinski definition) is 3. The zero-order valence-corrected chi connectivity index (χ0v) is 18.0. The van der Waals surface area contributed by atoms with E-state index in [1.54, 1.807) is 11.5 Å². The maximum absolute atomic E-state index is 14.2. The zero-order valence-electron chi connectivity index (χ0n) is 16.8. The summed E-state index contributed by atoms with van der Waals surface area (Å²) in [6.07, 6.45) is 4.28. The molecule has 30 heavy (non-hydrogen) atoms. The molecule has 0 aliphatic heterocycles. The van der Waals surface area contributed by atoms with Crippen LogP contribution < -0.4 is 10.8 Å². The van der Waals surface area contributed by atoms with Gasteiger partial charge in [-0.25, -0.2) is 19.2 Å². The molecule has 2 aromatic heterocycles. The maximum Gasteiger partial charge on any atom is 0.293 e. The van der Waals surface area contributed by atoms with Crippen molar-refractivity contribution in [1.29, 1.82) is 0 Å². The van der Waals surface area contributed by atoms with Crippen LogP contribution in [0.1, 0.15) is 35.5 Å². The summed E-state index contributed by atoms with van der Waals surface area (Å²) >= 11 is 0. The lowest BCUT2D eigenvalue weighted by molar-refractivity contribution is 0.0701. The van der Waals surface area contributed by atoms with Crippen molar-refractivity contribution in [2.24, 2.45) is 5.92 Å². The molecule has 3 rings (SSSR count). The van der Waals surface area contributed by atoms with Crippen molar-refractivity contribution in [2.45, 2.75) is 33.0 Å². The van der Waals surface area contributed by atoms with Gasteiger partial charge >= 0.3 is 0 Å². The number of aromatic nitrogens is 2. The van der Waals surface area contributed by atoms with Gasteiger partial charge in [0.1, 0.15) is 17.3 Å². The highest BCUT2D eigenvalue weighted by Gasteiger charge is 2.17. The molecular formula is C21H25F2N4O2P. The van der Waals surface area contributed by atoms with Gasteiger partial charge < -0.3 is 9.88 Å². The van der Waals surface area contributed by atoms with E-state index < -0.39 is 17.5 Å². The zero-order chi connectivity index (χ0) is 21.8. The van der Waals surface area contributed by atoms with Gasteiger partial charge in [0.15, 0.2) is 0 Å². The van der Waals surface area contributed by atoms with Gasteiger partial charge in [0, 0.05) is 35.8 Å². The highest BCUT2D eigenvalue weighted by molar-refractivity contribution is 7.16. The number of carbonyl (C=O) groups is 1. The monoisotopic (exact) mass is 434 g/mol. The molecule has 3 N–H and O–H groups in total. The van der Waals surface area contributed by atoms with Crippen molar-refractivity contribution in [3.63, 3.8) is 0 Å². The molecule has 0 radical (unpaired) electrons. The van der Waals surface area contributed by atoms with Crippen LogP contribution in [0.2, 0.25) is 0 Å². The molecule has 2 atom stereocenters. The van der Waals surface area contributed by atoms with Crippen molar-refractivity contribution in [1.82, 2.24) is 20.3 Å². The second kappa shape index (κ2) is 9.60. The Morgan fingerprint density at radius 2 is 2.03 bits per heavy atom. The number of amides is 1. The van der Waals surface area contributed by atoms with Crippen molar-refractivity contribution in [3.05, 3.63) is 65.1 Å². The highest BCUT2D eigenvalue weighted by atomic mass is 31.0. The fraction of sp³-hybridized carbons (Fsp3) is 0.333. The van der Waals surface area contributed by atoms with Crippen molar-refractivity contribution >= 4 is 26.0 Å². The number of nitrogens with one attached hydrogen (secondary N) is 2. The first-order valence-corrected chi connectivity index (χ1v) is 10.4. The normalized spacial score (nSPS) is 12.5. The minimum atomic E-state index is -0.710. The van der Waals surface area contributed by atoms with Crippen LogP contribution in [0.15, 0.2) is 36.7 Å². The minimum Gasteiger partial charge on any atom is -0.341 e. The summed E-state index contributed by atoms with van der Waals surface area (Å²) in [5.74, 6) is -1.53. The first-order chi connectivity index (χ1) is 14.3. The molecule has 9 heteroatoms. The van der Waals surface area contributed by atoms with Crippen molar-refractivity contribution in [3.8, 4) is 0 Å². The Bertz CT molecular complexity index is 1050. The average molecular weight is 434 g/mol. The first-order valence-electron chi connectivity index (χ1n) is 9.63. The molecule has 160 valence electrons. The number of benzene rings is 1. The molecule has 1 aromatic carbocycles. The fourth-order valence-corrected chi connectivity index (χ4v) is 4.09. The lowest BCUT2D eigenvalue weighted by atomic mass is 10.1. The predicted octanol–water partition coefficient (Wildman–Crippen LogP) is 3.47. The molecule has 0 aliphatic rings. The Hall–Kier alpha value is -2.41. The number of pyridine rings is 1. The molecule has 2 heterocycles. The number of halogens is 2. The Morgan fingerprint density at radius 3 is 2.67 bits per heavy atom. The predicted molar refractivity (Wildman–Crippen MR) is 114 cm³/mol. The number of nitrogens with zero attached hydrogens (tertiary/aromatic N) is 2. The maximum atomic E-state index is 14.2. The van der Waals surface area contributed by atoms with E-state index in [4.69, 9.17) is 5.21 Å². The van der Waals surface area contributed by atoms with E-state index in [0.29, 0.717) is 23.5 Å². The summed E-state index contributed by atoms with van der Waals surface area (Å²) in [6, 6.07) is 5.38. The van der Waals surface area contributed by atoms with Gasteiger partial charge in [-0.15, -0.1) is 9.24 Å². The summed E-state index contributed by atoms with van der Waals surface area (Å²) in [7, 11) is 2.74. The van der Waals surface area contributed by atoms with Crippen LogP contribution in [-0.2, 0) is 13.1 Å². The first kappa shape index (κ1) is 22.3. The average Bonchev–Trinajstić information content (AvgIpc) is 3.06. The highest BCUT2D eigenvalue weighted by Crippen LogP contribution is 2.24. The quantitative estimate of drug-likeness (QED) is 0.288. The van der Waals surface area contributed by atoms with E-state index in [1.807, 2.05) is 10.8 Å². The van der Waals surface area contributed by atoms with Crippen LogP contribution in [0.3, 0.4) is 0 Å². The molecule has 0 fully saturated rings. The lowest BCUT2D eigenvalue weighted by Crippen LogP contribution is -2.34. The molecule has 3 aromatic rings. The van der Waals surface area contributed by atoms with Crippen molar-refractivity contribution in [2.75, 3.05) is 6.16 Å². The summed E-state index contributed by atoms with van der Waals surface area (Å²) < 4.78 is 29.3.